The summed E-state index contributed by atoms with van der Waals surface area (Å²) in [6.07, 6.45) is 2.54. The molecule has 110 valence electrons. The average Bonchev–Trinajstić information content (AvgIpc) is 2.74. The van der Waals surface area contributed by atoms with Crippen molar-refractivity contribution < 1.29 is 17.9 Å². The summed E-state index contributed by atoms with van der Waals surface area (Å²) in [5.74, 6) is -0.0788. The highest BCUT2D eigenvalue weighted by Crippen LogP contribution is 2.23. The van der Waals surface area contributed by atoms with E-state index in [1.165, 1.54) is 10.6 Å². The van der Waals surface area contributed by atoms with Gasteiger partial charge in [-0.2, -0.15) is 4.31 Å². The van der Waals surface area contributed by atoms with E-state index >= 15 is 0 Å². The van der Waals surface area contributed by atoms with Crippen LogP contribution in [0, 0.1) is 0 Å². The lowest BCUT2D eigenvalue weighted by Crippen LogP contribution is -2.54. The molecule has 0 aromatic rings. The maximum absolute atomic E-state index is 12.5. The number of rotatable bonds is 2. The third kappa shape index (κ3) is 3.27. The molecule has 2 heterocycles. The molecule has 0 saturated carbocycles. The highest BCUT2D eigenvalue weighted by molar-refractivity contribution is 7.88. The lowest BCUT2D eigenvalue weighted by atomic mass is 10.1. The molecule has 2 saturated heterocycles. The maximum atomic E-state index is 12.5. The second-order valence-corrected chi connectivity index (χ2v) is 7.47. The van der Waals surface area contributed by atoms with Crippen molar-refractivity contribution in [3.05, 3.63) is 0 Å². The Kier molecular flexibility index (Phi) is 4.17. The molecule has 0 radical (unpaired) electrons. The number of carbonyl (C=O) groups is 1. The van der Waals surface area contributed by atoms with E-state index in [1.54, 1.807) is 4.90 Å². The van der Waals surface area contributed by atoms with E-state index in [1.807, 2.05) is 13.8 Å². The number of morpholine rings is 1. The minimum Gasteiger partial charge on any atom is -0.372 e. The minimum absolute atomic E-state index is 0.000728. The van der Waals surface area contributed by atoms with Gasteiger partial charge in [-0.05, 0) is 26.7 Å². The zero-order valence-corrected chi connectivity index (χ0v) is 12.5. The van der Waals surface area contributed by atoms with Gasteiger partial charge in [0, 0.05) is 19.6 Å². The predicted octanol–water partition coefficient (Wildman–Crippen LogP) is 0.0462. The Bertz CT molecular complexity index is 441. The third-order valence-electron chi connectivity index (χ3n) is 3.65. The van der Waals surface area contributed by atoms with Crippen molar-refractivity contribution in [2.24, 2.45) is 0 Å². The fourth-order valence-electron chi connectivity index (χ4n) is 2.95. The van der Waals surface area contributed by atoms with Crippen LogP contribution in [0.2, 0.25) is 0 Å². The number of nitrogens with zero attached hydrogens (tertiary/aromatic N) is 2. The number of sulfonamides is 1. The zero-order chi connectivity index (χ0) is 14.2. The Morgan fingerprint density at radius 3 is 2.32 bits per heavy atom. The van der Waals surface area contributed by atoms with Crippen LogP contribution in [-0.2, 0) is 19.6 Å². The first-order valence-corrected chi connectivity index (χ1v) is 8.55. The van der Waals surface area contributed by atoms with Crippen LogP contribution < -0.4 is 0 Å². The van der Waals surface area contributed by atoms with Crippen LogP contribution >= 0.6 is 0 Å². The molecular formula is C12H22N2O4S. The Morgan fingerprint density at radius 1 is 1.21 bits per heavy atom. The van der Waals surface area contributed by atoms with Crippen LogP contribution in [0.5, 0.6) is 0 Å². The van der Waals surface area contributed by atoms with Crippen LogP contribution in [0.1, 0.15) is 26.7 Å². The molecular weight excluding hydrogens is 268 g/mol. The van der Waals surface area contributed by atoms with E-state index in [9.17, 15) is 13.2 Å². The maximum Gasteiger partial charge on any atom is 0.241 e. The van der Waals surface area contributed by atoms with E-state index in [4.69, 9.17) is 4.74 Å². The summed E-state index contributed by atoms with van der Waals surface area (Å²) in [7, 11) is -3.31. The summed E-state index contributed by atoms with van der Waals surface area (Å²) >= 11 is 0. The van der Waals surface area contributed by atoms with Gasteiger partial charge in [-0.1, -0.05) is 0 Å². The van der Waals surface area contributed by atoms with Crippen LogP contribution in [0.3, 0.4) is 0 Å². The van der Waals surface area contributed by atoms with Crippen LogP contribution in [0.4, 0.5) is 0 Å². The van der Waals surface area contributed by atoms with Gasteiger partial charge in [0.2, 0.25) is 15.9 Å². The number of carbonyl (C=O) groups excluding carboxylic acids is 1. The van der Waals surface area contributed by atoms with Gasteiger partial charge in [0.05, 0.1) is 18.5 Å². The molecule has 19 heavy (non-hydrogen) atoms. The van der Waals surface area contributed by atoms with Crippen molar-refractivity contribution in [2.75, 3.05) is 25.9 Å². The highest BCUT2D eigenvalue weighted by Gasteiger charge is 2.40. The molecule has 0 spiro atoms. The molecule has 0 aromatic heterocycles. The van der Waals surface area contributed by atoms with Gasteiger partial charge < -0.3 is 9.64 Å². The van der Waals surface area contributed by atoms with Crippen molar-refractivity contribution in [3.8, 4) is 0 Å². The molecule has 2 fully saturated rings. The quantitative estimate of drug-likeness (QED) is 0.720. The summed E-state index contributed by atoms with van der Waals surface area (Å²) in [5.41, 5.74) is 0. The van der Waals surface area contributed by atoms with E-state index in [0.717, 1.165) is 6.42 Å². The van der Waals surface area contributed by atoms with Crippen LogP contribution in [-0.4, -0.2) is 67.7 Å². The van der Waals surface area contributed by atoms with Crippen molar-refractivity contribution in [1.82, 2.24) is 9.21 Å². The molecule has 3 atom stereocenters. The summed E-state index contributed by atoms with van der Waals surface area (Å²) < 4.78 is 30.3. The van der Waals surface area contributed by atoms with E-state index in [0.29, 0.717) is 26.1 Å². The molecule has 2 aliphatic rings. The second kappa shape index (κ2) is 5.38. The summed E-state index contributed by atoms with van der Waals surface area (Å²) in [6.45, 7) is 5.39. The fourth-order valence-corrected chi connectivity index (χ4v) is 4.07. The molecule has 2 aliphatic heterocycles. The normalized spacial score (nSPS) is 33.6. The van der Waals surface area contributed by atoms with E-state index in [-0.39, 0.29) is 18.1 Å². The summed E-state index contributed by atoms with van der Waals surface area (Å²) in [6, 6.07) is -0.521. The fraction of sp³-hybridized carbons (Fsp3) is 0.917. The average molecular weight is 290 g/mol. The second-order valence-electron chi connectivity index (χ2n) is 5.53. The largest absolute Gasteiger partial charge is 0.372 e. The predicted molar refractivity (Wildman–Crippen MR) is 71.2 cm³/mol. The highest BCUT2D eigenvalue weighted by atomic mass is 32.2. The molecule has 0 aliphatic carbocycles. The summed E-state index contributed by atoms with van der Waals surface area (Å²) in [5, 5.41) is 0. The zero-order valence-electron chi connectivity index (χ0n) is 11.7. The SMILES string of the molecule is CC1CN(C(=O)C2CCCN2S(C)(=O)=O)CC(C)O1. The minimum atomic E-state index is -3.31. The Morgan fingerprint density at radius 2 is 1.79 bits per heavy atom. The third-order valence-corrected chi connectivity index (χ3v) is 4.94. The molecule has 0 bridgehead atoms. The topological polar surface area (TPSA) is 66.9 Å². The molecule has 0 aromatic carbocycles. The van der Waals surface area contributed by atoms with Crippen molar-refractivity contribution in [1.29, 1.82) is 0 Å². The Hall–Kier alpha value is -0.660. The van der Waals surface area contributed by atoms with Gasteiger partial charge >= 0.3 is 0 Å². The monoisotopic (exact) mass is 290 g/mol. The van der Waals surface area contributed by atoms with Crippen molar-refractivity contribution in [2.45, 2.75) is 44.9 Å². The van der Waals surface area contributed by atoms with E-state index in [2.05, 4.69) is 0 Å². The first kappa shape index (κ1) is 14.7. The lowest BCUT2D eigenvalue weighted by Gasteiger charge is -2.37. The molecule has 0 N–H and O–H groups in total. The molecule has 3 unspecified atom stereocenters. The van der Waals surface area contributed by atoms with Gasteiger partial charge in [0.15, 0.2) is 0 Å². The van der Waals surface area contributed by atoms with Crippen LogP contribution in [0.15, 0.2) is 0 Å². The van der Waals surface area contributed by atoms with Gasteiger partial charge in [-0.3, -0.25) is 4.79 Å². The standard InChI is InChI=1S/C12H22N2O4S/c1-9-7-13(8-10(2)18-9)12(15)11-5-4-6-14(11)19(3,16)17/h9-11H,4-8H2,1-3H3. The van der Waals surface area contributed by atoms with Crippen molar-refractivity contribution >= 4 is 15.9 Å². The number of amides is 1. The van der Waals surface area contributed by atoms with Gasteiger partial charge in [-0.15, -0.1) is 0 Å². The Labute approximate surface area is 114 Å². The smallest absolute Gasteiger partial charge is 0.241 e. The van der Waals surface area contributed by atoms with E-state index < -0.39 is 16.1 Å². The molecule has 2 rings (SSSR count). The van der Waals surface area contributed by atoms with Gasteiger partial charge in [-0.25, -0.2) is 8.42 Å². The van der Waals surface area contributed by atoms with Crippen molar-refractivity contribution in [3.63, 3.8) is 0 Å². The summed E-state index contributed by atoms with van der Waals surface area (Å²) in [4.78, 5) is 14.3. The molecule has 1 amide bonds. The first-order chi connectivity index (χ1) is 8.79. The lowest BCUT2D eigenvalue weighted by molar-refractivity contribution is -0.146. The number of ether oxygens (including phenoxy) is 1. The van der Waals surface area contributed by atoms with Gasteiger partial charge in [0.1, 0.15) is 6.04 Å². The Balaban J connectivity index is 2.10. The molecule has 7 heteroatoms. The number of hydrogen-bond acceptors (Lipinski definition) is 4. The first-order valence-electron chi connectivity index (χ1n) is 6.70. The number of hydrogen-bond donors (Lipinski definition) is 0. The molecule has 6 nitrogen and oxygen atoms in total. The van der Waals surface area contributed by atoms with Crippen LogP contribution in [0.25, 0.3) is 0 Å². The van der Waals surface area contributed by atoms with Gasteiger partial charge in [0.25, 0.3) is 0 Å².